The summed E-state index contributed by atoms with van der Waals surface area (Å²) in [5, 5.41) is 0.713. The quantitative estimate of drug-likeness (QED) is 0.749. The van der Waals surface area contributed by atoms with Crippen molar-refractivity contribution in [3.05, 3.63) is 69.2 Å². The van der Waals surface area contributed by atoms with Gasteiger partial charge in [-0.05, 0) is 48.2 Å². The Morgan fingerprint density at radius 1 is 1.23 bits per heavy atom. The lowest BCUT2D eigenvalue weighted by molar-refractivity contribution is -0.133. The standard InChI is InChI=1S/C18H17BrClNO/c1-21(12-13-5-7-16(20)8-6-13)17(22)18(9-10-18)14-3-2-4-15(19)11-14/h2-8,11H,9-10,12H2,1H3. The van der Waals surface area contributed by atoms with Gasteiger partial charge in [-0.15, -0.1) is 0 Å². The minimum Gasteiger partial charge on any atom is -0.341 e. The summed E-state index contributed by atoms with van der Waals surface area (Å²) in [4.78, 5) is 14.7. The topological polar surface area (TPSA) is 20.3 Å². The van der Waals surface area contributed by atoms with Crippen molar-refractivity contribution in [3.63, 3.8) is 0 Å². The van der Waals surface area contributed by atoms with Crippen molar-refractivity contribution < 1.29 is 4.79 Å². The third-order valence-electron chi connectivity index (χ3n) is 4.22. The van der Waals surface area contributed by atoms with Crippen LogP contribution >= 0.6 is 27.5 Å². The Balaban J connectivity index is 1.77. The van der Waals surface area contributed by atoms with E-state index in [0.29, 0.717) is 11.6 Å². The molecule has 0 unspecified atom stereocenters. The first-order valence-corrected chi connectivity index (χ1v) is 8.44. The average molecular weight is 379 g/mol. The van der Waals surface area contributed by atoms with Crippen molar-refractivity contribution in [1.82, 2.24) is 4.90 Å². The van der Waals surface area contributed by atoms with Crippen LogP contribution in [0.2, 0.25) is 5.02 Å². The fourth-order valence-corrected chi connectivity index (χ4v) is 3.36. The lowest BCUT2D eigenvalue weighted by Gasteiger charge is -2.24. The van der Waals surface area contributed by atoms with Gasteiger partial charge in [0.05, 0.1) is 5.41 Å². The molecule has 114 valence electrons. The number of hydrogen-bond acceptors (Lipinski definition) is 1. The Bertz CT molecular complexity index is 694. The molecule has 0 bridgehead atoms. The fraction of sp³-hybridized carbons (Fsp3) is 0.278. The van der Waals surface area contributed by atoms with Crippen molar-refractivity contribution in [2.75, 3.05) is 7.05 Å². The highest BCUT2D eigenvalue weighted by Crippen LogP contribution is 2.50. The number of hydrogen-bond donors (Lipinski definition) is 0. The molecule has 0 N–H and O–H groups in total. The number of halogens is 2. The van der Waals surface area contributed by atoms with Gasteiger partial charge in [0.1, 0.15) is 0 Å². The zero-order chi connectivity index (χ0) is 15.7. The summed E-state index contributed by atoms with van der Waals surface area (Å²) < 4.78 is 1.02. The smallest absolute Gasteiger partial charge is 0.233 e. The van der Waals surface area contributed by atoms with E-state index in [1.165, 1.54) is 0 Å². The Morgan fingerprint density at radius 2 is 1.91 bits per heavy atom. The van der Waals surface area contributed by atoms with Crippen LogP contribution in [0, 0.1) is 0 Å². The van der Waals surface area contributed by atoms with Gasteiger partial charge in [-0.3, -0.25) is 4.79 Å². The highest BCUT2D eigenvalue weighted by Gasteiger charge is 2.52. The van der Waals surface area contributed by atoms with Crippen molar-refractivity contribution in [1.29, 1.82) is 0 Å². The molecule has 0 atom stereocenters. The molecule has 22 heavy (non-hydrogen) atoms. The summed E-state index contributed by atoms with van der Waals surface area (Å²) in [6, 6.07) is 15.7. The molecule has 1 aliphatic carbocycles. The summed E-state index contributed by atoms with van der Waals surface area (Å²) in [5.74, 6) is 0.195. The number of likely N-dealkylation sites (N-methyl/N-ethyl adjacent to an activating group) is 1. The van der Waals surface area contributed by atoms with Gasteiger partial charge in [-0.1, -0.05) is 51.8 Å². The molecule has 1 amide bonds. The molecule has 1 aliphatic rings. The van der Waals surface area contributed by atoms with E-state index in [4.69, 9.17) is 11.6 Å². The van der Waals surface area contributed by atoms with Crippen LogP contribution in [0.25, 0.3) is 0 Å². The van der Waals surface area contributed by atoms with Gasteiger partial charge in [0.25, 0.3) is 0 Å². The number of rotatable bonds is 4. The molecule has 0 saturated heterocycles. The van der Waals surface area contributed by atoms with Crippen molar-refractivity contribution in [3.8, 4) is 0 Å². The molecular weight excluding hydrogens is 362 g/mol. The van der Waals surface area contributed by atoms with Gasteiger partial charge in [-0.25, -0.2) is 0 Å². The number of nitrogens with zero attached hydrogens (tertiary/aromatic N) is 1. The predicted molar refractivity (Wildman–Crippen MR) is 93.0 cm³/mol. The van der Waals surface area contributed by atoms with Crippen LogP contribution < -0.4 is 0 Å². The highest BCUT2D eigenvalue weighted by molar-refractivity contribution is 9.10. The minimum absolute atomic E-state index is 0.195. The normalized spacial score (nSPS) is 15.4. The zero-order valence-electron chi connectivity index (χ0n) is 12.4. The van der Waals surface area contributed by atoms with Gasteiger partial charge >= 0.3 is 0 Å². The molecule has 0 radical (unpaired) electrons. The maximum Gasteiger partial charge on any atom is 0.233 e. The van der Waals surface area contributed by atoms with Crippen LogP contribution in [-0.4, -0.2) is 17.9 Å². The number of carbonyl (C=O) groups is 1. The Hall–Kier alpha value is -1.32. The number of amides is 1. The van der Waals surface area contributed by atoms with Gasteiger partial charge in [-0.2, -0.15) is 0 Å². The molecular formula is C18H17BrClNO. The summed E-state index contributed by atoms with van der Waals surface area (Å²) in [6.45, 7) is 0.603. The second-order valence-electron chi connectivity index (χ2n) is 5.88. The molecule has 0 heterocycles. The van der Waals surface area contributed by atoms with Crippen LogP contribution in [0.15, 0.2) is 53.0 Å². The first-order valence-electron chi connectivity index (χ1n) is 7.27. The Morgan fingerprint density at radius 3 is 2.50 bits per heavy atom. The molecule has 2 aromatic rings. The SMILES string of the molecule is CN(Cc1ccc(Cl)cc1)C(=O)C1(c2cccc(Br)c2)CC1. The van der Waals surface area contributed by atoms with Crippen LogP contribution in [0.3, 0.4) is 0 Å². The zero-order valence-corrected chi connectivity index (χ0v) is 14.7. The molecule has 2 nitrogen and oxygen atoms in total. The van der Waals surface area contributed by atoms with E-state index in [1.807, 2.05) is 54.4 Å². The first-order chi connectivity index (χ1) is 10.5. The van der Waals surface area contributed by atoms with E-state index in [1.54, 1.807) is 0 Å². The van der Waals surface area contributed by atoms with E-state index in [-0.39, 0.29) is 11.3 Å². The second-order valence-corrected chi connectivity index (χ2v) is 7.23. The largest absolute Gasteiger partial charge is 0.341 e. The van der Waals surface area contributed by atoms with Crippen LogP contribution in [0.1, 0.15) is 24.0 Å². The fourth-order valence-electron chi connectivity index (χ4n) is 2.84. The number of carbonyl (C=O) groups excluding carboxylic acids is 1. The molecule has 1 fully saturated rings. The van der Waals surface area contributed by atoms with Crippen LogP contribution in [-0.2, 0) is 16.8 Å². The predicted octanol–water partition coefficient (Wildman–Crippen LogP) is 4.79. The molecule has 2 aromatic carbocycles. The minimum atomic E-state index is -0.328. The van der Waals surface area contributed by atoms with Gasteiger partial charge in [0.15, 0.2) is 0 Å². The molecule has 4 heteroatoms. The van der Waals surface area contributed by atoms with Crippen molar-refractivity contribution in [2.24, 2.45) is 0 Å². The third-order valence-corrected chi connectivity index (χ3v) is 4.96. The maximum absolute atomic E-state index is 12.9. The van der Waals surface area contributed by atoms with Gasteiger partial charge in [0, 0.05) is 23.1 Å². The molecule has 3 rings (SSSR count). The highest BCUT2D eigenvalue weighted by atomic mass is 79.9. The Labute approximate surface area is 144 Å². The van der Waals surface area contributed by atoms with E-state index < -0.39 is 0 Å². The maximum atomic E-state index is 12.9. The Kier molecular flexibility index (Phi) is 4.28. The number of benzene rings is 2. The van der Waals surface area contributed by atoms with E-state index in [9.17, 15) is 4.79 Å². The van der Waals surface area contributed by atoms with E-state index >= 15 is 0 Å². The van der Waals surface area contributed by atoms with E-state index in [2.05, 4.69) is 22.0 Å². The monoisotopic (exact) mass is 377 g/mol. The lowest BCUT2D eigenvalue weighted by atomic mass is 9.94. The van der Waals surface area contributed by atoms with Crippen LogP contribution in [0.4, 0.5) is 0 Å². The summed E-state index contributed by atoms with van der Waals surface area (Å²) in [7, 11) is 1.87. The molecule has 1 saturated carbocycles. The third kappa shape index (κ3) is 3.06. The second kappa shape index (κ2) is 6.05. The average Bonchev–Trinajstić information content (AvgIpc) is 3.30. The van der Waals surface area contributed by atoms with Crippen molar-refractivity contribution in [2.45, 2.75) is 24.8 Å². The molecule has 0 aromatic heterocycles. The van der Waals surface area contributed by atoms with Gasteiger partial charge in [0.2, 0.25) is 5.91 Å². The van der Waals surface area contributed by atoms with E-state index in [0.717, 1.165) is 28.4 Å². The summed E-state index contributed by atoms with van der Waals surface area (Å²) in [5.41, 5.74) is 1.87. The van der Waals surface area contributed by atoms with Crippen molar-refractivity contribution >= 4 is 33.4 Å². The summed E-state index contributed by atoms with van der Waals surface area (Å²) in [6.07, 6.45) is 1.85. The van der Waals surface area contributed by atoms with Gasteiger partial charge < -0.3 is 4.90 Å². The van der Waals surface area contributed by atoms with Crippen LogP contribution in [0.5, 0.6) is 0 Å². The first kappa shape index (κ1) is 15.6. The molecule has 0 aliphatic heterocycles. The lowest BCUT2D eigenvalue weighted by Crippen LogP contribution is -2.36. The molecule has 0 spiro atoms. The summed E-state index contributed by atoms with van der Waals surface area (Å²) >= 11 is 9.39.